The number of halogens is 1. The van der Waals surface area contributed by atoms with Gasteiger partial charge in [-0.25, -0.2) is 22.3 Å². The van der Waals surface area contributed by atoms with Crippen molar-refractivity contribution >= 4 is 51.3 Å². The molecule has 1 unspecified atom stereocenters. The fourth-order valence-corrected chi connectivity index (χ4v) is 3.94. The summed E-state index contributed by atoms with van der Waals surface area (Å²) in [5.74, 6) is -0.872. The van der Waals surface area contributed by atoms with Crippen molar-refractivity contribution in [3.63, 3.8) is 0 Å². The highest BCUT2D eigenvalue weighted by atomic mass is 32.2. The highest BCUT2D eigenvalue weighted by molar-refractivity contribution is 7.96. The standard InChI is InChI=1S/C18H24FN5O6S2/c1-32(28,29)21-10-16(25)23-6-4-22(5-7-23)15-3-2-12(8-14(15)19)24-11-13(30-18(24)27)9-20-17(26)31/h2-3,8,13,21H,4-7,9-11H2,1H3,(H2,20,26,31). The predicted molar refractivity (Wildman–Crippen MR) is 118 cm³/mol. The summed E-state index contributed by atoms with van der Waals surface area (Å²) >= 11 is 3.59. The number of piperazine rings is 1. The molecule has 14 heteroatoms. The minimum absolute atomic E-state index is 0.105. The smallest absolute Gasteiger partial charge is 0.414 e. The third-order valence-electron chi connectivity index (χ3n) is 5.06. The quantitative estimate of drug-likeness (QED) is 0.460. The Morgan fingerprint density at radius 3 is 2.53 bits per heavy atom. The molecule has 0 radical (unpaired) electrons. The molecular formula is C18H24FN5O6S2. The molecule has 2 fully saturated rings. The van der Waals surface area contributed by atoms with Gasteiger partial charge in [0, 0.05) is 26.2 Å². The molecule has 32 heavy (non-hydrogen) atoms. The maximum atomic E-state index is 14.8. The molecule has 1 atom stereocenters. The monoisotopic (exact) mass is 489 g/mol. The molecule has 0 aromatic heterocycles. The van der Waals surface area contributed by atoms with Gasteiger partial charge in [0.15, 0.2) is 0 Å². The first-order chi connectivity index (χ1) is 15.0. The lowest BCUT2D eigenvalue weighted by atomic mass is 10.2. The SMILES string of the molecule is CS(=O)(=O)NCC(=O)N1CCN(c2ccc(N3CC(CNC(=O)S)OC3=O)cc2F)CC1. The first-order valence-electron chi connectivity index (χ1n) is 9.75. The molecule has 2 aliphatic heterocycles. The van der Waals surface area contributed by atoms with E-state index in [-0.39, 0.29) is 25.5 Å². The Morgan fingerprint density at radius 2 is 1.94 bits per heavy atom. The normalized spacial score (nSPS) is 19.2. The molecular weight excluding hydrogens is 465 g/mol. The van der Waals surface area contributed by atoms with E-state index in [1.807, 2.05) is 0 Å². The molecule has 0 spiro atoms. The largest absolute Gasteiger partial charge is 0.442 e. The lowest BCUT2D eigenvalue weighted by molar-refractivity contribution is -0.130. The average Bonchev–Trinajstić information content (AvgIpc) is 3.10. The van der Waals surface area contributed by atoms with E-state index in [2.05, 4.69) is 22.7 Å². The highest BCUT2D eigenvalue weighted by Crippen LogP contribution is 2.28. The van der Waals surface area contributed by atoms with E-state index in [1.165, 1.54) is 15.9 Å². The number of ether oxygens (including phenoxy) is 1. The first-order valence-corrected chi connectivity index (χ1v) is 12.1. The molecule has 1 aromatic carbocycles. The summed E-state index contributed by atoms with van der Waals surface area (Å²) in [7, 11) is -3.46. The van der Waals surface area contributed by atoms with Crippen molar-refractivity contribution in [1.29, 1.82) is 0 Å². The van der Waals surface area contributed by atoms with Crippen LogP contribution in [0.2, 0.25) is 0 Å². The molecule has 3 rings (SSSR count). The average molecular weight is 490 g/mol. The van der Waals surface area contributed by atoms with E-state index in [4.69, 9.17) is 4.74 Å². The molecule has 2 heterocycles. The molecule has 176 valence electrons. The maximum absolute atomic E-state index is 14.8. The number of hydrogen-bond donors (Lipinski definition) is 3. The van der Waals surface area contributed by atoms with Crippen molar-refractivity contribution in [1.82, 2.24) is 14.9 Å². The molecule has 0 bridgehead atoms. The number of anilines is 2. The van der Waals surface area contributed by atoms with Gasteiger partial charge in [0.25, 0.3) is 5.24 Å². The number of carbonyl (C=O) groups excluding carboxylic acids is 3. The van der Waals surface area contributed by atoms with Crippen molar-refractivity contribution in [3.05, 3.63) is 24.0 Å². The van der Waals surface area contributed by atoms with E-state index in [0.29, 0.717) is 37.6 Å². The number of thiol groups is 1. The van der Waals surface area contributed by atoms with Crippen LogP contribution < -0.4 is 19.8 Å². The van der Waals surface area contributed by atoms with Gasteiger partial charge in [0.05, 0.1) is 37.3 Å². The van der Waals surface area contributed by atoms with Crippen LogP contribution in [0.1, 0.15) is 0 Å². The third-order valence-corrected chi connectivity index (χ3v) is 5.88. The minimum atomic E-state index is -3.46. The Balaban J connectivity index is 1.57. The third kappa shape index (κ3) is 6.23. The Bertz CT molecular complexity index is 1000. The number of hydrogen-bond acceptors (Lipinski definition) is 7. The molecule has 0 saturated carbocycles. The topological polar surface area (TPSA) is 128 Å². The zero-order chi connectivity index (χ0) is 23.5. The summed E-state index contributed by atoms with van der Waals surface area (Å²) in [6.07, 6.45) is -0.221. The lowest BCUT2D eigenvalue weighted by Gasteiger charge is -2.36. The van der Waals surface area contributed by atoms with E-state index >= 15 is 0 Å². The number of nitrogens with zero attached hydrogens (tertiary/aromatic N) is 3. The van der Waals surface area contributed by atoms with Crippen molar-refractivity contribution in [2.45, 2.75) is 6.10 Å². The van der Waals surface area contributed by atoms with Crippen LogP contribution in [0, 0.1) is 5.82 Å². The molecule has 2 saturated heterocycles. The van der Waals surface area contributed by atoms with Crippen molar-refractivity contribution in [3.8, 4) is 0 Å². The summed E-state index contributed by atoms with van der Waals surface area (Å²) in [5.41, 5.74) is 0.665. The van der Waals surface area contributed by atoms with Crippen molar-refractivity contribution < 1.29 is 31.9 Å². The van der Waals surface area contributed by atoms with Gasteiger partial charge in [-0.3, -0.25) is 14.5 Å². The summed E-state index contributed by atoms with van der Waals surface area (Å²) in [5, 5.41) is 1.91. The molecule has 2 aliphatic rings. The summed E-state index contributed by atoms with van der Waals surface area (Å²) in [6, 6.07) is 4.40. The Kier molecular flexibility index (Phi) is 7.46. The zero-order valence-electron chi connectivity index (χ0n) is 17.3. The van der Waals surface area contributed by atoms with Crippen LogP contribution in [-0.4, -0.2) is 88.7 Å². The van der Waals surface area contributed by atoms with E-state index in [1.54, 1.807) is 17.0 Å². The second-order valence-electron chi connectivity index (χ2n) is 7.40. The minimum Gasteiger partial charge on any atom is -0.442 e. The van der Waals surface area contributed by atoms with Gasteiger partial charge in [-0.2, -0.15) is 0 Å². The van der Waals surface area contributed by atoms with E-state index in [9.17, 15) is 27.2 Å². The number of benzene rings is 1. The summed E-state index contributed by atoms with van der Waals surface area (Å²) in [6.45, 7) is 1.34. The van der Waals surface area contributed by atoms with Gasteiger partial charge in [-0.1, -0.05) is 12.6 Å². The predicted octanol–water partition coefficient (Wildman–Crippen LogP) is -0.0119. The van der Waals surface area contributed by atoms with Crippen LogP contribution in [0.3, 0.4) is 0 Å². The lowest BCUT2D eigenvalue weighted by Crippen LogP contribution is -2.51. The zero-order valence-corrected chi connectivity index (χ0v) is 19.0. The van der Waals surface area contributed by atoms with E-state index < -0.39 is 33.3 Å². The fourth-order valence-electron chi connectivity index (χ4n) is 3.46. The van der Waals surface area contributed by atoms with Gasteiger partial charge in [-0.15, -0.1) is 0 Å². The van der Waals surface area contributed by atoms with Gasteiger partial charge in [-0.05, 0) is 18.2 Å². The maximum Gasteiger partial charge on any atom is 0.414 e. The van der Waals surface area contributed by atoms with Crippen molar-refractivity contribution in [2.75, 3.05) is 61.9 Å². The van der Waals surface area contributed by atoms with Crippen LogP contribution in [0.5, 0.6) is 0 Å². The van der Waals surface area contributed by atoms with Gasteiger partial charge < -0.3 is 19.9 Å². The van der Waals surface area contributed by atoms with Gasteiger partial charge in [0.2, 0.25) is 15.9 Å². The molecule has 2 N–H and O–H groups in total. The molecule has 1 aromatic rings. The highest BCUT2D eigenvalue weighted by Gasteiger charge is 2.33. The summed E-state index contributed by atoms with van der Waals surface area (Å²) < 4.78 is 44.4. The van der Waals surface area contributed by atoms with Crippen LogP contribution in [-0.2, 0) is 19.6 Å². The van der Waals surface area contributed by atoms with Crippen molar-refractivity contribution in [2.24, 2.45) is 0 Å². The number of sulfonamides is 1. The Labute approximate surface area is 190 Å². The number of rotatable bonds is 7. The van der Waals surface area contributed by atoms with Crippen LogP contribution in [0.25, 0.3) is 0 Å². The number of nitrogens with one attached hydrogen (secondary N) is 2. The van der Waals surface area contributed by atoms with Crippen LogP contribution >= 0.6 is 12.6 Å². The number of carbonyl (C=O) groups is 3. The van der Waals surface area contributed by atoms with Crippen LogP contribution in [0.15, 0.2) is 18.2 Å². The number of amides is 3. The Hall–Kier alpha value is -2.58. The second-order valence-corrected chi connectivity index (χ2v) is 9.64. The fraction of sp³-hybridized carbons (Fsp3) is 0.500. The van der Waals surface area contributed by atoms with E-state index in [0.717, 1.165) is 6.26 Å². The molecule has 0 aliphatic carbocycles. The molecule has 3 amide bonds. The Morgan fingerprint density at radius 1 is 1.25 bits per heavy atom. The van der Waals surface area contributed by atoms with Gasteiger partial charge >= 0.3 is 6.09 Å². The number of cyclic esters (lactones) is 1. The second kappa shape index (κ2) is 9.92. The van der Waals surface area contributed by atoms with Crippen LogP contribution in [0.4, 0.5) is 25.4 Å². The molecule has 11 nitrogen and oxygen atoms in total. The van der Waals surface area contributed by atoms with Gasteiger partial charge in [0.1, 0.15) is 11.9 Å². The first kappa shape index (κ1) is 24.1. The summed E-state index contributed by atoms with van der Waals surface area (Å²) in [4.78, 5) is 39.7.